The summed E-state index contributed by atoms with van der Waals surface area (Å²) in [6.45, 7) is 2.99. The Labute approximate surface area is 181 Å². The van der Waals surface area contributed by atoms with Crippen molar-refractivity contribution in [3.8, 4) is 6.07 Å². The Hall–Kier alpha value is -3.42. The third-order valence-electron chi connectivity index (χ3n) is 4.18. The van der Waals surface area contributed by atoms with Gasteiger partial charge in [-0.1, -0.05) is 17.7 Å². The Bertz CT molecular complexity index is 1320. The predicted octanol–water partition coefficient (Wildman–Crippen LogP) is 4.75. The fraction of sp³-hybridized carbons (Fsp3) is 0.0952. The van der Waals surface area contributed by atoms with Gasteiger partial charge in [-0.2, -0.15) is 5.26 Å². The Morgan fingerprint density at radius 1 is 1.19 bits per heavy atom. The van der Waals surface area contributed by atoms with E-state index in [0.29, 0.717) is 6.07 Å². The van der Waals surface area contributed by atoms with Crippen LogP contribution in [0.4, 0.5) is 19.6 Å². The van der Waals surface area contributed by atoms with Gasteiger partial charge in [0.05, 0.1) is 16.3 Å². The van der Waals surface area contributed by atoms with Gasteiger partial charge in [-0.25, -0.2) is 22.2 Å². The van der Waals surface area contributed by atoms with Crippen LogP contribution in [0.3, 0.4) is 0 Å². The summed E-state index contributed by atoms with van der Waals surface area (Å²) < 4.78 is 52.9. The third kappa shape index (κ3) is 4.68. The molecule has 2 aromatic carbocycles. The molecule has 3 rings (SSSR count). The van der Waals surface area contributed by atoms with Crippen LogP contribution in [0.1, 0.15) is 18.2 Å². The van der Waals surface area contributed by atoms with Crippen LogP contribution >= 0.6 is 11.3 Å². The number of nitriles is 1. The molecule has 0 aliphatic rings. The molecule has 0 bridgehead atoms. The minimum Gasteiger partial charge on any atom is -0.274 e. The molecule has 0 aliphatic carbocycles. The predicted molar refractivity (Wildman–Crippen MR) is 113 cm³/mol. The number of anilines is 2. The van der Waals surface area contributed by atoms with Crippen LogP contribution in [0.2, 0.25) is 0 Å². The topological polar surface area (TPSA) is 91.1 Å². The van der Waals surface area contributed by atoms with Crippen LogP contribution in [0.5, 0.6) is 0 Å². The molecule has 31 heavy (non-hydrogen) atoms. The fourth-order valence-corrected chi connectivity index (χ4v) is 4.65. The van der Waals surface area contributed by atoms with Crippen molar-refractivity contribution in [2.24, 2.45) is 0 Å². The molecule has 1 aromatic heterocycles. The molecule has 0 spiro atoms. The second kappa shape index (κ2) is 8.75. The molecule has 0 radical (unpaired) electrons. The first-order valence-electron chi connectivity index (χ1n) is 8.78. The summed E-state index contributed by atoms with van der Waals surface area (Å²) in [5.74, 6) is -2.34. The Morgan fingerprint density at radius 3 is 2.45 bits per heavy atom. The fourth-order valence-electron chi connectivity index (χ4n) is 2.66. The standard InChI is InChI=1S/C21H15F2N3O3S2/c1-13-3-6-17(7-4-13)31(28,29)18(11-24)10-16-12-30-21(25-16)26(14(2)27)20-8-5-15(22)9-19(20)23/h3-10,12H,1-2H3/b18-10+. The summed E-state index contributed by atoms with van der Waals surface area (Å²) in [7, 11) is -4.07. The summed E-state index contributed by atoms with van der Waals surface area (Å²) in [5.41, 5.74) is 0.760. The van der Waals surface area contributed by atoms with Gasteiger partial charge in [0.25, 0.3) is 0 Å². The molecule has 1 amide bonds. The van der Waals surface area contributed by atoms with E-state index in [2.05, 4.69) is 4.98 Å². The highest BCUT2D eigenvalue weighted by atomic mass is 32.2. The lowest BCUT2D eigenvalue weighted by atomic mass is 10.2. The van der Waals surface area contributed by atoms with E-state index >= 15 is 0 Å². The molecule has 0 saturated carbocycles. The zero-order valence-electron chi connectivity index (χ0n) is 16.3. The van der Waals surface area contributed by atoms with Crippen molar-refractivity contribution in [1.29, 1.82) is 5.26 Å². The molecule has 0 fully saturated rings. The number of carbonyl (C=O) groups is 1. The van der Waals surface area contributed by atoms with Crippen LogP contribution < -0.4 is 4.90 Å². The van der Waals surface area contributed by atoms with Gasteiger partial charge < -0.3 is 0 Å². The molecule has 10 heteroatoms. The van der Waals surface area contributed by atoms with E-state index in [1.807, 2.05) is 0 Å². The normalized spacial score (nSPS) is 11.8. The lowest BCUT2D eigenvalue weighted by molar-refractivity contribution is -0.115. The zero-order chi connectivity index (χ0) is 22.8. The molecule has 0 N–H and O–H groups in total. The number of hydrogen-bond donors (Lipinski definition) is 0. The van der Waals surface area contributed by atoms with Crippen LogP contribution in [-0.2, 0) is 14.6 Å². The van der Waals surface area contributed by atoms with E-state index in [0.717, 1.165) is 40.0 Å². The minimum absolute atomic E-state index is 0.0364. The summed E-state index contributed by atoms with van der Waals surface area (Å²) in [5, 5.41) is 10.9. The molecule has 0 aliphatic heterocycles. The van der Waals surface area contributed by atoms with Crippen molar-refractivity contribution in [2.45, 2.75) is 18.7 Å². The number of thiazole rings is 1. The maximum Gasteiger partial charge on any atom is 0.230 e. The number of carbonyl (C=O) groups excluding carboxylic acids is 1. The number of hydrogen-bond acceptors (Lipinski definition) is 6. The number of aryl methyl sites for hydroxylation is 1. The lowest BCUT2D eigenvalue weighted by Gasteiger charge is -2.18. The highest BCUT2D eigenvalue weighted by Crippen LogP contribution is 2.32. The van der Waals surface area contributed by atoms with Gasteiger partial charge in [0.2, 0.25) is 15.7 Å². The minimum atomic E-state index is -4.07. The first kappa shape index (κ1) is 22.3. The molecular weight excluding hydrogens is 444 g/mol. The highest BCUT2D eigenvalue weighted by Gasteiger charge is 2.24. The van der Waals surface area contributed by atoms with Gasteiger partial charge in [0.15, 0.2) is 10.0 Å². The van der Waals surface area contributed by atoms with Crippen molar-refractivity contribution in [3.63, 3.8) is 0 Å². The van der Waals surface area contributed by atoms with Gasteiger partial charge in [0, 0.05) is 18.4 Å². The van der Waals surface area contributed by atoms with E-state index in [9.17, 15) is 27.3 Å². The molecular formula is C21H15F2N3O3S2. The van der Waals surface area contributed by atoms with Crippen molar-refractivity contribution in [2.75, 3.05) is 4.90 Å². The van der Waals surface area contributed by atoms with Gasteiger partial charge in [-0.05, 0) is 37.3 Å². The van der Waals surface area contributed by atoms with Crippen LogP contribution in [0, 0.1) is 29.9 Å². The smallest absolute Gasteiger partial charge is 0.230 e. The second-order valence-electron chi connectivity index (χ2n) is 6.44. The van der Waals surface area contributed by atoms with Crippen molar-refractivity contribution in [1.82, 2.24) is 4.98 Å². The zero-order valence-corrected chi connectivity index (χ0v) is 18.0. The molecule has 0 atom stereocenters. The number of aromatic nitrogens is 1. The van der Waals surface area contributed by atoms with Crippen molar-refractivity contribution in [3.05, 3.63) is 75.6 Å². The van der Waals surface area contributed by atoms with E-state index < -0.39 is 32.3 Å². The maximum atomic E-state index is 14.2. The van der Waals surface area contributed by atoms with E-state index in [4.69, 9.17) is 0 Å². The van der Waals surface area contributed by atoms with Gasteiger partial charge in [-0.15, -0.1) is 11.3 Å². The van der Waals surface area contributed by atoms with Crippen molar-refractivity contribution >= 4 is 44.0 Å². The largest absolute Gasteiger partial charge is 0.274 e. The summed E-state index contributed by atoms with van der Waals surface area (Å²) in [6, 6.07) is 10.4. The van der Waals surface area contributed by atoms with Gasteiger partial charge in [-0.3, -0.25) is 9.69 Å². The molecule has 3 aromatic rings. The van der Waals surface area contributed by atoms with E-state index in [-0.39, 0.29) is 21.4 Å². The number of nitrogens with zero attached hydrogens (tertiary/aromatic N) is 3. The van der Waals surface area contributed by atoms with Gasteiger partial charge >= 0.3 is 0 Å². The first-order chi connectivity index (χ1) is 14.6. The lowest BCUT2D eigenvalue weighted by Crippen LogP contribution is -2.23. The third-order valence-corrected chi connectivity index (χ3v) is 6.70. The summed E-state index contributed by atoms with van der Waals surface area (Å²) in [4.78, 5) is 16.6. The van der Waals surface area contributed by atoms with Gasteiger partial charge in [0.1, 0.15) is 17.7 Å². The second-order valence-corrected chi connectivity index (χ2v) is 9.20. The van der Waals surface area contributed by atoms with Crippen LogP contribution in [0.15, 0.2) is 57.6 Å². The Morgan fingerprint density at radius 2 is 1.87 bits per heavy atom. The quantitative estimate of drug-likeness (QED) is 0.514. The summed E-state index contributed by atoms with van der Waals surface area (Å²) >= 11 is 0.939. The average Bonchev–Trinajstić information content (AvgIpc) is 3.16. The Kier molecular flexibility index (Phi) is 6.29. The van der Waals surface area contributed by atoms with E-state index in [1.165, 1.54) is 24.4 Å². The summed E-state index contributed by atoms with van der Waals surface area (Å²) in [6.07, 6.45) is 1.08. The van der Waals surface area contributed by atoms with Crippen LogP contribution in [-0.4, -0.2) is 19.3 Å². The number of halogens is 2. The molecule has 1 heterocycles. The number of benzene rings is 2. The Balaban J connectivity index is 2.01. The average molecular weight is 459 g/mol. The number of amides is 1. The molecule has 0 saturated heterocycles. The molecule has 158 valence electrons. The van der Waals surface area contributed by atoms with Crippen molar-refractivity contribution < 1.29 is 22.0 Å². The van der Waals surface area contributed by atoms with Crippen LogP contribution in [0.25, 0.3) is 6.08 Å². The number of sulfone groups is 1. The number of rotatable bonds is 5. The molecule has 6 nitrogen and oxygen atoms in total. The van der Waals surface area contributed by atoms with E-state index in [1.54, 1.807) is 25.1 Å². The SMILES string of the molecule is CC(=O)N(c1nc(/C=C(\C#N)S(=O)(=O)c2ccc(C)cc2)cs1)c1ccc(F)cc1F. The number of allylic oxidation sites excluding steroid dienone is 1. The monoisotopic (exact) mass is 459 g/mol. The maximum absolute atomic E-state index is 14.2. The molecule has 0 unspecified atom stereocenters. The highest BCUT2D eigenvalue weighted by molar-refractivity contribution is 7.95. The first-order valence-corrected chi connectivity index (χ1v) is 11.1.